The van der Waals surface area contributed by atoms with Crippen LogP contribution in [-0.4, -0.2) is 48.7 Å². The summed E-state index contributed by atoms with van der Waals surface area (Å²) in [6, 6.07) is 0.704. The maximum atomic E-state index is 12.1. The van der Waals surface area contributed by atoms with Gasteiger partial charge in [0.25, 0.3) is 5.91 Å². The van der Waals surface area contributed by atoms with Gasteiger partial charge in [-0.15, -0.1) is 0 Å². The normalized spacial score (nSPS) is 27.9. The highest BCUT2D eigenvalue weighted by Crippen LogP contribution is 2.15. The van der Waals surface area contributed by atoms with Gasteiger partial charge in [0.05, 0.1) is 0 Å². The molecule has 88 valence electrons. The van der Waals surface area contributed by atoms with Crippen LogP contribution in [0, 0.1) is 0 Å². The van der Waals surface area contributed by atoms with E-state index in [0.717, 1.165) is 13.1 Å². The zero-order chi connectivity index (χ0) is 11.6. The lowest BCUT2D eigenvalue weighted by Crippen LogP contribution is -2.59. The number of hydrogen-bond acceptors (Lipinski definition) is 3. The minimum absolute atomic E-state index is 0.0743. The quantitative estimate of drug-likeness (QED) is 0.732. The van der Waals surface area contributed by atoms with Gasteiger partial charge in [0.2, 0.25) is 0 Å². The van der Waals surface area contributed by atoms with E-state index in [2.05, 4.69) is 19.2 Å². The molecule has 1 saturated heterocycles. The van der Waals surface area contributed by atoms with E-state index in [0.29, 0.717) is 12.1 Å². The monoisotopic (exact) mass is 214 g/mol. The average molecular weight is 214 g/mol. The summed E-state index contributed by atoms with van der Waals surface area (Å²) < 4.78 is 5.21. The third-order valence-corrected chi connectivity index (χ3v) is 2.87. The van der Waals surface area contributed by atoms with Crippen LogP contribution in [0.25, 0.3) is 0 Å². The van der Waals surface area contributed by atoms with Gasteiger partial charge in [-0.05, 0) is 27.7 Å². The van der Waals surface area contributed by atoms with Crippen molar-refractivity contribution < 1.29 is 9.53 Å². The Morgan fingerprint density at radius 2 is 1.80 bits per heavy atom. The van der Waals surface area contributed by atoms with Crippen molar-refractivity contribution in [2.24, 2.45) is 0 Å². The van der Waals surface area contributed by atoms with E-state index in [1.165, 1.54) is 0 Å². The van der Waals surface area contributed by atoms with E-state index in [4.69, 9.17) is 4.74 Å². The second-order valence-corrected chi connectivity index (χ2v) is 4.89. The number of amides is 1. The van der Waals surface area contributed by atoms with Crippen LogP contribution < -0.4 is 5.32 Å². The van der Waals surface area contributed by atoms with Gasteiger partial charge in [-0.2, -0.15) is 0 Å². The van der Waals surface area contributed by atoms with Gasteiger partial charge in [-0.1, -0.05) is 0 Å². The van der Waals surface area contributed by atoms with Crippen LogP contribution in [0.3, 0.4) is 0 Å². The molecule has 0 aliphatic carbocycles. The Hall–Kier alpha value is -0.610. The van der Waals surface area contributed by atoms with Crippen LogP contribution in [0.15, 0.2) is 0 Å². The summed E-state index contributed by atoms with van der Waals surface area (Å²) in [4.78, 5) is 14.0. The van der Waals surface area contributed by atoms with Crippen molar-refractivity contribution in [1.82, 2.24) is 10.2 Å². The minimum atomic E-state index is -0.712. The first kappa shape index (κ1) is 12.5. The molecule has 0 radical (unpaired) electrons. The largest absolute Gasteiger partial charge is 0.369 e. The molecule has 1 heterocycles. The Labute approximate surface area is 92.0 Å². The fourth-order valence-electron chi connectivity index (χ4n) is 1.96. The van der Waals surface area contributed by atoms with E-state index >= 15 is 0 Å². The van der Waals surface area contributed by atoms with E-state index in [1.807, 2.05) is 18.7 Å². The Morgan fingerprint density at radius 3 is 2.20 bits per heavy atom. The molecule has 0 aromatic heterocycles. The molecule has 1 amide bonds. The number of nitrogens with zero attached hydrogens (tertiary/aromatic N) is 1. The third-order valence-electron chi connectivity index (χ3n) is 2.87. The highest BCUT2D eigenvalue weighted by Gasteiger charge is 2.34. The molecule has 4 nitrogen and oxygen atoms in total. The number of ether oxygens (including phenoxy) is 1. The highest BCUT2D eigenvalue weighted by molar-refractivity contribution is 5.84. The smallest absolute Gasteiger partial charge is 0.254 e. The molecule has 1 N–H and O–H groups in total. The first-order chi connectivity index (χ1) is 6.86. The molecule has 2 atom stereocenters. The van der Waals surface area contributed by atoms with Gasteiger partial charge < -0.3 is 15.0 Å². The van der Waals surface area contributed by atoms with E-state index < -0.39 is 5.60 Å². The highest BCUT2D eigenvalue weighted by atomic mass is 16.5. The van der Waals surface area contributed by atoms with Gasteiger partial charge in [0, 0.05) is 32.3 Å². The Morgan fingerprint density at radius 1 is 1.33 bits per heavy atom. The fourth-order valence-corrected chi connectivity index (χ4v) is 1.96. The lowest BCUT2D eigenvalue weighted by atomic mass is 10.0. The minimum Gasteiger partial charge on any atom is -0.369 e. The number of methoxy groups -OCH3 is 1. The number of carbonyl (C=O) groups excluding carboxylic acids is 1. The summed E-state index contributed by atoms with van der Waals surface area (Å²) >= 11 is 0. The van der Waals surface area contributed by atoms with Gasteiger partial charge in [-0.3, -0.25) is 4.79 Å². The number of hydrogen-bond donors (Lipinski definition) is 1. The van der Waals surface area contributed by atoms with Gasteiger partial charge in [-0.25, -0.2) is 0 Å². The first-order valence-electron chi connectivity index (χ1n) is 5.47. The Bertz CT molecular complexity index is 231. The molecular formula is C11H22N2O2. The second kappa shape index (κ2) is 4.49. The van der Waals surface area contributed by atoms with E-state index in [-0.39, 0.29) is 5.91 Å². The van der Waals surface area contributed by atoms with Crippen molar-refractivity contribution in [3.8, 4) is 0 Å². The van der Waals surface area contributed by atoms with Crippen LogP contribution in [0.2, 0.25) is 0 Å². The summed E-state index contributed by atoms with van der Waals surface area (Å²) in [5.74, 6) is 0.0743. The van der Waals surface area contributed by atoms with Crippen molar-refractivity contribution in [2.75, 3.05) is 20.2 Å². The summed E-state index contributed by atoms with van der Waals surface area (Å²) in [6.45, 7) is 9.33. The molecule has 1 aliphatic rings. The summed E-state index contributed by atoms with van der Waals surface area (Å²) in [5, 5.41) is 3.40. The SMILES string of the molecule is COC(C)(C)C(=O)N1CC(C)NC(C)C1. The molecule has 1 fully saturated rings. The summed E-state index contributed by atoms with van der Waals surface area (Å²) in [7, 11) is 1.58. The Balaban J connectivity index is 2.67. The zero-order valence-corrected chi connectivity index (χ0v) is 10.3. The van der Waals surface area contributed by atoms with Crippen molar-refractivity contribution in [1.29, 1.82) is 0 Å². The van der Waals surface area contributed by atoms with Crippen molar-refractivity contribution >= 4 is 5.91 Å². The fraction of sp³-hybridized carbons (Fsp3) is 0.909. The molecular weight excluding hydrogens is 192 g/mol. The molecule has 0 aromatic carbocycles. The topological polar surface area (TPSA) is 41.6 Å². The van der Waals surface area contributed by atoms with Gasteiger partial charge >= 0.3 is 0 Å². The standard InChI is InChI=1S/C11H22N2O2/c1-8-6-13(7-9(2)12-8)10(14)11(3,4)15-5/h8-9,12H,6-7H2,1-5H3. The molecule has 1 aliphatic heterocycles. The third kappa shape index (κ3) is 2.92. The van der Waals surface area contributed by atoms with Crippen LogP contribution in [0.1, 0.15) is 27.7 Å². The lowest BCUT2D eigenvalue weighted by molar-refractivity contribution is -0.152. The Kier molecular flexibility index (Phi) is 3.73. The predicted octanol–water partition coefficient (Wildman–Crippen LogP) is 0.620. The molecule has 0 bridgehead atoms. The second-order valence-electron chi connectivity index (χ2n) is 4.89. The van der Waals surface area contributed by atoms with Crippen LogP contribution in [-0.2, 0) is 9.53 Å². The van der Waals surface area contributed by atoms with Crippen LogP contribution in [0.4, 0.5) is 0 Å². The molecule has 2 unspecified atom stereocenters. The molecule has 0 spiro atoms. The molecule has 0 aromatic rings. The molecule has 15 heavy (non-hydrogen) atoms. The molecule has 4 heteroatoms. The van der Waals surface area contributed by atoms with Gasteiger partial charge in [0.15, 0.2) is 0 Å². The maximum Gasteiger partial charge on any atom is 0.254 e. The van der Waals surface area contributed by atoms with E-state index in [9.17, 15) is 4.79 Å². The lowest BCUT2D eigenvalue weighted by Gasteiger charge is -2.39. The number of piperazine rings is 1. The van der Waals surface area contributed by atoms with Crippen molar-refractivity contribution in [3.63, 3.8) is 0 Å². The maximum absolute atomic E-state index is 12.1. The number of carbonyl (C=O) groups is 1. The average Bonchev–Trinajstić information content (AvgIpc) is 2.15. The predicted molar refractivity (Wildman–Crippen MR) is 59.7 cm³/mol. The zero-order valence-electron chi connectivity index (χ0n) is 10.3. The van der Waals surface area contributed by atoms with Crippen LogP contribution >= 0.6 is 0 Å². The summed E-state index contributed by atoms with van der Waals surface area (Å²) in [6.07, 6.45) is 0. The first-order valence-corrected chi connectivity index (χ1v) is 5.47. The van der Waals surface area contributed by atoms with Crippen LogP contribution in [0.5, 0.6) is 0 Å². The molecule has 0 saturated carbocycles. The van der Waals surface area contributed by atoms with Crippen molar-refractivity contribution in [3.05, 3.63) is 0 Å². The number of rotatable bonds is 2. The van der Waals surface area contributed by atoms with Gasteiger partial charge in [0.1, 0.15) is 5.60 Å². The van der Waals surface area contributed by atoms with E-state index in [1.54, 1.807) is 7.11 Å². The summed E-state index contributed by atoms with van der Waals surface area (Å²) in [5.41, 5.74) is -0.712. The van der Waals surface area contributed by atoms with Crippen molar-refractivity contribution in [2.45, 2.75) is 45.4 Å². The number of nitrogens with one attached hydrogen (secondary N) is 1. The molecule has 1 rings (SSSR count).